The Bertz CT molecular complexity index is 892. The number of benzene rings is 2. The normalized spacial score (nSPS) is 17.4. The van der Waals surface area contributed by atoms with Crippen LogP contribution in [0.2, 0.25) is 0 Å². The van der Waals surface area contributed by atoms with Crippen LogP contribution in [-0.4, -0.2) is 29.1 Å². The van der Waals surface area contributed by atoms with Gasteiger partial charge in [0, 0.05) is 0 Å². The monoisotopic (exact) mass is 437 g/mol. The van der Waals surface area contributed by atoms with Crippen molar-refractivity contribution in [1.29, 1.82) is 0 Å². The Morgan fingerprint density at radius 3 is 2.45 bits per heavy atom. The van der Waals surface area contributed by atoms with Crippen molar-refractivity contribution in [3.8, 4) is 5.75 Å². The Morgan fingerprint density at radius 2 is 1.74 bits per heavy atom. The SMILES string of the molecule is CCCCCCOc1ccc(C=NN=C2NC(=O)C(Cc3ccc(CC)cc3)S2)cc1. The molecule has 1 aliphatic heterocycles. The molecule has 0 aromatic heterocycles. The molecule has 0 aliphatic carbocycles. The third-order valence-corrected chi connectivity index (χ3v) is 6.20. The number of nitrogens with one attached hydrogen (secondary N) is 1. The number of carbonyl (C=O) groups excluding carboxylic acids is 1. The largest absolute Gasteiger partial charge is 0.494 e. The van der Waals surface area contributed by atoms with E-state index >= 15 is 0 Å². The topological polar surface area (TPSA) is 63.1 Å². The lowest BCUT2D eigenvalue weighted by Crippen LogP contribution is -2.25. The van der Waals surface area contributed by atoms with E-state index in [1.165, 1.54) is 36.6 Å². The molecule has 1 unspecified atom stereocenters. The number of thioether (sulfide) groups is 1. The fraction of sp³-hybridized carbons (Fsp3) is 0.400. The van der Waals surface area contributed by atoms with Crippen LogP contribution in [0.5, 0.6) is 5.75 Å². The van der Waals surface area contributed by atoms with E-state index in [9.17, 15) is 4.79 Å². The molecular weight excluding hydrogens is 406 g/mol. The second-order valence-electron chi connectivity index (χ2n) is 7.60. The van der Waals surface area contributed by atoms with E-state index in [0.29, 0.717) is 11.6 Å². The number of hydrogen-bond donors (Lipinski definition) is 1. The smallest absolute Gasteiger partial charge is 0.239 e. The van der Waals surface area contributed by atoms with E-state index in [2.05, 4.69) is 53.6 Å². The van der Waals surface area contributed by atoms with Crippen molar-refractivity contribution in [3.63, 3.8) is 0 Å². The number of hydrogen-bond acceptors (Lipinski definition) is 5. The van der Waals surface area contributed by atoms with Crippen molar-refractivity contribution in [2.24, 2.45) is 10.2 Å². The molecule has 2 aromatic carbocycles. The quantitative estimate of drug-likeness (QED) is 0.292. The number of rotatable bonds is 11. The Balaban J connectivity index is 1.47. The zero-order valence-corrected chi connectivity index (χ0v) is 19.2. The fourth-order valence-corrected chi connectivity index (χ4v) is 4.19. The maximum absolute atomic E-state index is 12.2. The number of amidine groups is 1. The van der Waals surface area contributed by atoms with Crippen LogP contribution in [0.15, 0.2) is 58.7 Å². The van der Waals surface area contributed by atoms with E-state index in [1.807, 2.05) is 24.3 Å². The van der Waals surface area contributed by atoms with Gasteiger partial charge in [0.05, 0.1) is 18.1 Å². The van der Waals surface area contributed by atoms with E-state index in [0.717, 1.165) is 36.3 Å². The van der Waals surface area contributed by atoms with Crippen LogP contribution >= 0.6 is 11.8 Å². The predicted molar refractivity (Wildman–Crippen MR) is 130 cm³/mol. The van der Waals surface area contributed by atoms with Crippen molar-refractivity contribution in [3.05, 3.63) is 65.2 Å². The maximum Gasteiger partial charge on any atom is 0.239 e. The molecule has 1 atom stereocenters. The van der Waals surface area contributed by atoms with Gasteiger partial charge in [0.1, 0.15) is 5.75 Å². The highest BCUT2D eigenvalue weighted by molar-refractivity contribution is 8.15. The van der Waals surface area contributed by atoms with Crippen LogP contribution in [0.3, 0.4) is 0 Å². The summed E-state index contributed by atoms with van der Waals surface area (Å²) in [6.45, 7) is 5.09. The van der Waals surface area contributed by atoms with E-state index in [1.54, 1.807) is 6.21 Å². The molecule has 0 radical (unpaired) electrons. The number of ether oxygens (including phenoxy) is 1. The summed E-state index contributed by atoms with van der Waals surface area (Å²) in [5, 5.41) is 11.5. The van der Waals surface area contributed by atoms with Gasteiger partial charge < -0.3 is 10.1 Å². The summed E-state index contributed by atoms with van der Waals surface area (Å²) in [4.78, 5) is 12.2. The van der Waals surface area contributed by atoms with Crippen LogP contribution in [0, 0.1) is 0 Å². The molecule has 1 aliphatic rings. The molecule has 1 fully saturated rings. The predicted octanol–water partition coefficient (Wildman–Crippen LogP) is 5.37. The Morgan fingerprint density at radius 1 is 1.00 bits per heavy atom. The molecule has 6 heteroatoms. The zero-order chi connectivity index (χ0) is 21.9. The molecule has 0 bridgehead atoms. The highest BCUT2D eigenvalue weighted by Crippen LogP contribution is 2.23. The van der Waals surface area contributed by atoms with Gasteiger partial charge >= 0.3 is 0 Å². The number of nitrogens with zero attached hydrogens (tertiary/aromatic N) is 2. The summed E-state index contributed by atoms with van der Waals surface area (Å²) >= 11 is 1.43. The standard InChI is InChI=1S/C25H31N3O2S/c1-3-5-6-7-16-30-22-14-12-21(13-15-22)18-26-28-25-27-24(29)23(31-25)17-20-10-8-19(4-2)9-11-20/h8-15,18,23H,3-7,16-17H2,1-2H3,(H,27,28,29). The summed E-state index contributed by atoms with van der Waals surface area (Å²) in [6, 6.07) is 16.2. The first-order valence-corrected chi connectivity index (χ1v) is 11.9. The van der Waals surface area contributed by atoms with Crippen LogP contribution < -0.4 is 10.1 Å². The lowest BCUT2D eigenvalue weighted by Gasteiger charge is -2.06. The first-order chi connectivity index (χ1) is 15.2. The van der Waals surface area contributed by atoms with Crippen molar-refractivity contribution in [2.45, 2.75) is 57.6 Å². The molecule has 1 N–H and O–H groups in total. The Labute approximate surface area is 189 Å². The van der Waals surface area contributed by atoms with Crippen LogP contribution in [0.4, 0.5) is 0 Å². The molecule has 2 aromatic rings. The number of aryl methyl sites for hydroxylation is 1. The molecule has 164 valence electrons. The maximum atomic E-state index is 12.2. The van der Waals surface area contributed by atoms with Gasteiger partial charge in [-0.05, 0) is 60.2 Å². The zero-order valence-electron chi connectivity index (χ0n) is 18.3. The number of unbranched alkanes of at least 4 members (excludes halogenated alkanes) is 3. The molecule has 0 spiro atoms. The lowest BCUT2D eigenvalue weighted by molar-refractivity contribution is -0.118. The average Bonchev–Trinajstić information content (AvgIpc) is 3.14. The molecule has 0 saturated carbocycles. The van der Waals surface area contributed by atoms with Crippen LogP contribution in [0.25, 0.3) is 0 Å². The summed E-state index contributed by atoms with van der Waals surface area (Å²) in [5.41, 5.74) is 3.39. The highest BCUT2D eigenvalue weighted by Gasteiger charge is 2.30. The second-order valence-corrected chi connectivity index (χ2v) is 8.79. The first-order valence-electron chi connectivity index (χ1n) is 11.1. The van der Waals surface area contributed by atoms with E-state index in [-0.39, 0.29) is 11.2 Å². The van der Waals surface area contributed by atoms with Gasteiger partial charge in [0.25, 0.3) is 0 Å². The highest BCUT2D eigenvalue weighted by atomic mass is 32.2. The molecular formula is C25H31N3O2S. The number of carbonyl (C=O) groups is 1. The van der Waals surface area contributed by atoms with Gasteiger partial charge in [0.2, 0.25) is 5.91 Å². The molecule has 31 heavy (non-hydrogen) atoms. The first kappa shape index (κ1) is 23.1. The number of amides is 1. The minimum absolute atomic E-state index is 0.0149. The van der Waals surface area contributed by atoms with Gasteiger partial charge in [-0.2, -0.15) is 5.10 Å². The lowest BCUT2D eigenvalue weighted by atomic mass is 10.1. The van der Waals surface area contributed by atoms with Crippen molar-refractivity contribution in [2.75, 3.05) is 6.61 Å². The molecule has 5 nitrogen and oxygen atoms in total. The molecule has 1 heterocycles. The fourth-order valence-electron chi connectivity index (χ4n) is 3.23. The van der Waals surface area contributed by atoms with Crippen LogP contribution in [-0.2, 0) is 17.6 Å². The summed E-state index contributed by atoms with van der Waals surface area (Å²) < 4.78 is 5.76. The summed E-state index contributed by atoms with van der Waals surface area (Å²) in [7, 11) is 0. The van der Waals surface area contributed by atoms with E-state index < -0.39 is 0 Å². The van der Waals surface area contributed by atoms with Gasteiger partial charge in [-0.15, -0.1) is 5.10 Å². The Hall–Kier alpha value is -2.60. The van der Waals surface area contributed by atoms with Crippen molar-refractivity contribution in [1.82, 2.24) is 5.32 Å². The van der Waals surface area contributed by atoms with Gasteiger partial charge in [-0.1, -0.05) is 69.1 Å². The summed E-state index contributed by atoms with van der Waals surface area (Å²) in [6.07, 6.45) is 8.17. The molecule has 1 saturated heterocycles. The second kappa shape index (κ2) is 12.3. The third-order valence-electron chi connectivity index (χ3n) is 5.13. The minimum Gasteiger partial charge on any atom is -0.494 e. The molecule has 1 amide bonds. The average molecular weight is 438 g/mol. The van der Waals surface area contributed by atoms with Gasteiger partial charge in [-0.3, -0.25) is 4.79 Å². The van der Waals surface area contributed by atoms with E-state index in [4.69, 9.17) is 4.74 Å². The van der Waals surface area contributed by atoms with Gasteiger partial charge in [-0.25, -0.2) is 0 Å². The van der Waals surface area contributed by atoms with Crippen molar-refractivity contribution < 1.29 is 9.53 Å². The molecule has 3 rings (SSSR count). The van der Waals surface area contributed by atoms with Gasteiger partial charge in [0.15, 0.2) is 5.17 Å². The van der Waals surface area contributed by atoms with Crippen LogP contribution in [0.1, 0.15) is 56.2 Å². The minimum atomic E-state index is -0.171. The third kappa shape index (κ3) is 7.55. The summed E-state index contributed by atoms with van der Waals surface area (Å²) in [5.74, 6) is 0.854. The Kier molecular flexibility index (Phi) is 9.16. The van der Waals surface area contributed by atoms with Crippen molar-refractivity contribution >= 4 is 29.1 Å².